The molecule has 8 heteroatoms. The summed E-state index contributed by atoms with van der Waals surface area (Å²) >= 11 is 6.15. The summed E-state index contributed by atoms with van der Waals surface area (Å²) in [7, 11) is 1.54. The van der Waals surface area contributed by atoms with Gasteiger partial charge in [0.25, 0.3) is 6.43 Å². The molecular weight excluding hydrogens is 400 g/mol. The Morgan fingerprint density at radius 1 is 1.31 bits per heavy atom. The molecule has 29 heavy (non-hydrogen) atoms. The van der Waals surface area contributed by atoms with Gasteiger partial charge >= 0.3 is 0 Å². The Balaban J connectivity index is 1.88. The number of nitrogens with zero attached hydrogens (tertiary/aromatic N) is 1. The maximum atomic E-state index is 14.0. The number of methoxy groups -OCH3 is 1. The van der Waals surface area contributed by atoms with Crippen molar-refractivity contribution < 1.29 is 18.3 Å². The summed E-state index contributed by atoms with van der Waals surface area (Å²) in [4.78, 5) is 13.6. The number of alkyl halides is 2. The quantitative estimate of drug-likeness (QED) is 0.667. The number of benzene rings is 2. The number of carbonyl (C=O) groups is 1. The van der Waals surface area contributed by atoms with Gasteiger partial charge in [-0.15, -0.1) is 0 Å². The van der Waals surface area contributed by atoms with Gasteiger partial charge in [0.1, 0.15) is 11.8 Å². The van der Waals surface area contributed by atoms with Crippen LogP contribution in [0.4, 0.5) is 14.5 Å². The van der Waals surface area contributed by atoms with E-state index in [2.05, 4.69) is 5.32 Å². The minimum absolute atomic E-state index is 0.330. The van der Waals surface area contributed by atoms with Crippen LogP contribution in [0.2, 0.25) is 5.02 Å². The van der Waals surface area contributed by atoms with E-state index in [-0.39, 0.29) is 6.04 Å². The van der Waals surface area contributed by atoms with Crippen molar-refractivity contribution in [3.8, 4) is 5.75 Å². The van der Waals surface area contributed by atoms with E-state index in [0.717, 1.165) is 6.42 Å². The molecule has 3 rings (SSSR count). The first-order valence-electron chi connectivity index (χ1n) is 9.39. The first-order valence-corrected chi connectivity index (χ1v) is 9.77. The first kappa shape index (κ1) is 21.3. The van der Waals surface area contributed by atoms with Gasteiger partial charge in [-0.3, -0.25) is 9.69 Å². The zero-order chi connectivity index (χ0) is 21.0. The fourth-order valence-corrected chi connectivity index (χ4v) is 3.91. The number of ether oxygens (including phenoxy) is 1. The fraction of sp³-hybridized carbons (Fsp3) is 0.381. The number of hydrogen-bond donors (Lipinski definition) is 2. The smallest absolute Gasteiger partial charge is 0.262 e. The molecule has 2 atom stereocenters. The van der Waals surface area contributed by atoms with E-state index in [4.69, 9.17) is 22.1 Å². The molecule has 0 spiro atoms. The maximum absolute atomic E-state index is 14.0. The van der Waals surface area contributed by atoms with Crippen molar-refractivity contribution in [3.05, 3.63) is 58.6 Å². The number of primary amides is 1. The van der Waals surface area contributed by atoms with Crippen LogP contribution in [-0.2, 0) is 11.3 Å². The predicted octanol–water partition coefficient (Wildman–Crippen LogP) is 4.22. The van der Waals surface area contributed by atoms with Crippen molar-refractivity contribution in [2.24, 2.45) is 5.73 Å². The number of anilines is 1. The molecule has 0 aliphatic carbocycles. The molecule has 1 aliphatic rings. The van der Waals surface area contributed by atoms with Gasteiger partial charge in [-0.1, -0.05) is 17.7 Å². The number of carbonyl (C=O) groups excluding carboxylic acids is 1. The number of nitrogens with two attached hydrogens (primary N) is 1. The molecule has 2 aromatic carbocycles. The monoisotopic (exact) mass is 423 g/mol. The topological polar surface area (TPSA) is 67.6 Å². The number of likely N-dealkylation sites (tertiary alicyclic amines) is 1. The van der Waals surface area contributed by atoms with Crippen molar-refractivity contribution in [2.75, 3.05) is 19.0 Å². The summed E-state index contributed by atoms with van der Waals surface area (Å²) < 4.78 is 33.1. The minimum Gasteiger partial charge on any atom is -0.497 e. The lowest BCUT2D eigenvalue weighted by molar-refractivity contribution is -0.122. The van der Waals surface area contributed by atoms with Crippen LogP contribution in [0.3, 0.4) is 0 Å². The van der Waals surface area contributed by atoms with Crippen LogP contribution in [0.1, 0.15) is 30.0 Å². The summed E-state index contributed by atoms with van der Waals surface area (Å²) in [6.07, 6.45) is -1.14. The molecule has 0 radical (unpaired) electrons. The van der Waals surface area contributed by atoms with E-state index in [9.17, 15) is 13.6 Å². The highest BCUT2D eigenvalue weighted by Gasteiger charge is 2.31. The molecule has 0 bridgehead atoms. The maximum Gasteiger partial charge on any atom is 0.262 e. The standard InChI is InChI=1S/C21H24ClF2N3O2/c1-29-16-7-5-15(6-8-16)26-19(20(23)24)17-9-4-14(22)11-13(17)12-27-10-2-3-18(27)21(25)28/h4-9,11,18-20,26H,2-3,10,12H2,1H3,(H2,25,28)/t18-,19?/m0/s1. The predicted molar refractivity (Wildman–Crippen MR) is 109 cm³/mol. The van der Waals surface area contributed by atoms with Crippen LogP contribution in [0.5, 0.6) is 5.75 Å². The lowest BCUT2D eigenvalue weighted by Crippen LogP contribution is -2.40. The SMILES string of the molecule is COc1ccc(NC(c2ccc(Cl)cc2CN2CCC[C@H]2C(N)=O)C(F)F)cc1. The van der Waals surface area contributed by atoms with Gasteiger partial charge in [0, 0.05) is 17.3 Å². The van der Waals surface area contributed by atoms with Crippen LogP contribution in [0.15, 0.2) is 42.5 Å². The van der Waals surface area contributed by atoms with Gasteiger partial charge in [0.15, 0.2) is 0 Å². The van der Waals surface area contributed by atoms with E-state index >= 15 is 0 Å². The second kappa shape index (κ2) is 9.41. The molecule has 1 amide bonds. The highest BCUT2D eigenvalue weighted by atomic mass is 35.5. The van der Waals surface area contributed by atoms with Gasteiger partial charge < -0.3 is 15.8 Å². The largest absolute Gasteiger partial charge is 0.497 e. The molecule has 1 aliphatic heterocycles. The molecule has 5 nitrogen and oxygen atoms in total. The Morgan fingerprint density at radius 3 is 2.66 bits per heavy atom. The van der Waals surface area contributed by atoms with Crippen molar-refractivity contribution >= 4 is 23.2 Å². The average molecular weight is 424 g/mol. The minimum atomic E-state index is -2.65. The number of halogens is 3. The fourth-order valence-electron chi connectivity index (χ4n) is 3.71. The van der Waals surface area contributed by atoms with Crippen molar-refractivity contribution in [3.63, 3.8) is 0 Å². The first-order chi connectivity index (χ1) is 13.9. The molecule has 1 unspecified atom stereocenters. The average Bonchev–Trinajstić information content (AvgIpc) is 3.15. The third-order valence-electron chi connectivity index (χ3n) is 5.17. The van der Waals surface area contributed by atoms with E-state index < -0.39 is 18.4 Å². The zero-order valence-corrected chi connectivity index (χ0v) is 16.8. The molecule has 3 N–H and O–H groups in total. The molecule has 0 saturated carbocycles. The lowest BCUT2D eigenvalue weighted by Gasteiger charge is -2.27. The molecular formula is C21H24ClF2N3O2. The molecule has 156 valence electrons. The Bertz CT molecular complexity index is 848. The van der Waals surface area contributed by atoms with E-state index in [0.29, 0.717) is 47.1 Å². The number of nitrogens with one attached hydrogen (secondary N) is 1. The third kappa shape index (κ3) is 5.16. The number of rotatable bonds is 8. The van der Waals surface area contributed by atoms with Crippen LogP contribution < -0.4 is 15.8 Å². The highest BCUT2D eigenvalue weighted by Crippen LogP contribution is 2.32. The van der Waals surface area contributed by atoms with Crippen molar-refractivity contribution in [1.29, 1.82) is 0 Å². The second-order valence-corrected chi connectivity index (χ2v) is 7.50. The zero-order valence-electron chi connectivity index (χ0n) is 16.1. The Labute approximate surface area is 173 Å². The van der Waals surface area contributed by atoms with Crippen molar-refractivity contribution in [2.45, 2.75) is 37.9 Å². The van der Waals surface area contributed by atoms with Crippen molar-refractivity contribution in [1.82, 2.24) is 4.90 Å². The lowest BCUT2D eigenvalue weighted by atomic mass is 9.99. The molecule has 1 saturated heterocycles. The van der Waals surface area contributed by atoms with Gasteiger partial charge in [-0.05, 0) is 66.9 Å². The molecule has 1 fully saturated rings. The Morgan fingerprint density at radius 2 is 2.03 bits per heavy atom. The Hall–Kier alpha value is -2.38. The molecule has 0 aromatic heterocycles. The second-order valence-electron chi connectivity index (χ2n) is 7.06. The van der Waals surface area contributed by atoms with E-state index in [1.54, 1.807) is 49.6 Å². The summed E-state index contributed by atoms with van der Waals surface area (Å²) in [6, 6.07) is 10.1. The molecule has 1 heterocycles. The van der Waals surface area contributed by atoms with Gasteiger partial charge in [0.05, 0.1) is 13.2 Å². The third-order valence-corrected chi connectivity index (χ3v) is 5.40. The highest BCUT2D eigenvalue weighted by molar-refractivity contribution is 6.30. The van der Waals surface area contributed by atoms with Gasteiger partial charge in [-0.25, -0.2) is 8.78 Å². The molecule has 2 aromatic rings. The Kier molecular flexibility index (Phi) is 6.92. The summed E-state index contributed by atoms with van der Waals surface area (Å²) in [5.41, 5.74) is 7.13. The summed E-state index contributed by atoms with van der Waals surface area (Å²) in [5.74, 6) is 0.246. The van der Waals surface area contributed by atoms with E-state index in [1.807, 2.05) is 4.90 Å². The van der Waals surface area contributed by atoms with Gasteiger partial charge in [-0.2, -0.15) is 0 Å². The summed E-state index contributed by atoms with van der Waals surface area (Å²) in [5, 5.41) is 3.36. The van der Waals surface area contributed by atoms with Crippen LogP contribution in [0, 0.1) is 0 Å². The summed E-state index contributed by atoms with van der Waals surface area (Å²) in [6.45, 7) is 1.02. The number of hydrogen-bond acceptors (Lipinski definition) is 4. The van der Waals surface area contributed by atoms with Crippen LogP contribution in [-0.4, -0.2) is 36.9 Å². The van der Waals surface area contributed by atoms with Crippen LogP contribution in [0.25, 0.3) is 0 Å². The number of amides is 1. The normalized spacial score (nSPS) is 18.0. The van der Waals surface area contributed by atoms with Gasteiger partial charge in [0.2, 0.25) is 5.91 Å². The van der Waals surface area contributed by atoms with Crippen LogP contribution >= 0.6 is 11.6 Å². The van der Waals surface area contributed by atoms with E-state index in [1.165, 1.54) is 0 Å².